The van der Waals surface area contributed by atoms with Gasteiger partial charge in [-0.05, 0) is 53.4 Å². The maximum atomic E-state index is 12.9. The summed E-state index contributed by atoms with van der Waals surface area (Å²) in [6.45, 7) is 9.22. The summed E-state index contributed by atoms with van der Waals surface area (Å²) in [5, 5.41) is 6.93. The predicted molar refractivity (Wildman–Crippen MR) is 129 cm³/mol. The zero-order chi connectivity index (χ0) is 21.7. The molecule has 154 valence electrons. The normalized spacial score (nSPS) is 11.1. The van der Waals surface area contributed by atoms with Crippen molar-refractivity contribution in [2.24, 2.45) is 0 Å². The van der Waals surface area contributed by atoms with Gasteiger partial charge in [0.15, 0.2) is 10.9 Å². The predicted octanol–water partition coefficient (Wildman–Crippen LogP) is 6.01. The van der Waals surface area contributed by atoms with Crippen molar-refractivity contribution in [1.29, 1.82) is 0 Å². The molecular formula is C26H28N2OS. The van der Waals surface area contributed by atoms with Gasteiger partial charge in [-0.2, -0.15) is 0 Å². The molecule has 0 atom stereocenters. The molecule has 0 aromatic heterocycles. The highest BCUT2D eigenvalue weighted by Gasteiger charge is 2.15. The topological polar surface area (TPSA) is 41.1 Å². The van der Waals surface area contributed by atoms with E-state index in [1.807, 2.05) is 60.7 Å². The van der Waals surface area contributed by atoms with Crippen molar-refractivity contribution in [3.05, 3.63) is 101 Å². The molecule has 0 heterocycles. The van der Waals surface area contributed by atoms with Crippen LogP contribution >= 0.6 is 12.2 Å². The maximum absolute atomic E-state index is 12.9. The van der Waals surface area contributed by atoms with E-state index in [2.05, 4.69) is 50.5 Å². The Morgan fingerprint density at radius 3 is 2.27 bits per heavy atom. The highest BCUT2D eigenvalue weighted by Crippen LogP contribution is 2.23. The Hall–Kier alpha value is -2.98. The molecule has 0 saturated carbocycles. The lowest BCUT2D eigenvalue weighted by atomic mass is 9.86. The van der Waals surface area contributed by atoms with Crippen LogP contribution in [-0.4, -0.2) is 10.9 Å². The average molecular weight is 417 g/mol. The molecule has 0 aliphatic rings. The van der Waals surface area contributed by atoms with E-state index in [0.717, 1.165) is 5.69 Å². The van der Waals surface area contributed by atoms with Crippen LogP contribution in [0.1, 0.15) is 53.4 Å². The van der Waals surface area contributed by atoms with Gasteiger partial charge in [0.2, 0.25) is 0 Å². The van der Waals surface area contributed by atoms with E-state index in [4.69, 9.17) is 12.2 Å². The third kappa shape index (κ3) is 5.55. The zero-order valence-electron chi connectivity index (χ0n) is 18.0. The average Bonchev–Trinajstić information content (AvgIpc) is 2.72. The van der Waals surface area contributed by atoms with E-state index < -0.39 is 0 Å². The maximum Gasteiger partial charge on any atom is 0.193 e. The minimum Gasteiger partial charge on any atom is -0.358 e. The van der Waals surface area contributed by atoms with Gasteiger partial charge in [-0.25, -0.2) is 0 Å². The first-order chi connectivity index (χ1) is 14.2. The molecule has 30 heavy (non-hydrogen) atoms. The molecule has 0 aliphatic carbocycles. The Balaban J connectivity index is 1.66. The number of aryl methyl sites for hydroxylation is 1. The fourth-order valence-electron chi connectivity index (χ4n) is 3.19. The second-order valence-corrected chi connectivity index (χ2v) is 8.88. The van der Waals surface area contributed by atoms with Crippen molar-refractivity contribution in [2.45, 2.75) is 39.7 Å². The Labute approximate surface area is 184 Å². The van der Waals surface area contributed by atoms with E-state index in [1.165, 1.54) is 16.7 Å². The summed E-state index contributed by atoms with van der Waals surface area (Å²) in [4.78, 5) is 12.9. The summed E-state index contributed by atoms with van der Waals surface area (Å²) in [5.74, 6) is -0.00195. The van der Waals surface area contributed by atoms with Crippen LogP contribution in [-0.2, 0) is 12.0 Å². The minimum atomic E-state index is -0.00195. The van der Waals surface area contributed by atoms with Crippen molar-refractivity contribution < 1.29 is 4.79 Å². The van der Waals surface area contributed by atoms with Gasteiger partial charge in [0.05, 0.1) is 0 Å². The van der Waals surface area contributed by atoms with Crippen LogP contribution in [0.2, 0.25) is 0 Å². The number of hydrogen-bond donors (Lipinski definition) is 2. The van der Waals surface area contributed by atoms with Crippen molar-refractivity contribution in [2.75, 3.05) is 5.32 Å². The van der Waals surface area contributed by atoms with Crippen molar-refractivity contribution >= 4 is 28.8 Å². The van der Waals surface area contributed by atoms with Crippen molar-refractivity contribution in [3.8, 4) is 0 Å². The molecule has 4 heteroatoms. The Kier molecular flexibility index (Phi) is 6.68. The molecule has 3 rings (SSSR count). The standard InChI is InChI=1S/C26H28N2OS/c1-18-8-5-6-9-21(18)17-27-25(30)28-23-11-7-10-20(16-23)24(29)19-12-14-22(15-13-19)26(2,3)4/h5-16H,17H2,1-4H3,(H2,27,28,30). The van der Waals surface area contributed by atoms with Crippen LogP contribution in [0.3, 0.4) is 0 Å². The molecule has 3 nitrogen and oxygen atoms in total. The number of carbonyl (C=O) groups is 1. The van der Waals surface area contributed by atoms with Gasteiger partial charge < -0.3 is 10.6 Å². The molecule has 0 spiro atoms. The number of benzene rings is 3. The fourth-order valence-corrected chi connectivity index (χ4v) is 3.38. The molecule has 0 unspecified atom stereocenters. The van der Waals surface area contributed by atoms with Gasteiger partial charge in [-0.3, -0.25) is 4.79 Å². The number of rotatable bonds is 5. The number of nitrogens with one attached hydrogen (secondary N) is 2. The SMILES string of the molecule is Cc1ccccc1CNC(=S)Nc1cccc(C(=O)c2ccc(C(C)(C)C)cc2)c1. The lowest BCUT2D eigenvalue weighted by Crippen LogP contribution is -2.28. The van der Waals surface area contributed by atoms with E-state index in [0.29, 0.717) is 22.8 Å². The van der Waals surface area contributed by atoms with Gasteiger partial charge in [0, 0.05) is 23.4 Å². The van der Waals surface area contributed by atoms with Gasteiger partial charge in [0.25, 0.3) is 0 Å². The molecule has 2 N–H and O–H groups in total. The third-order valence-corrected chi connectivity index (χ3v) is 5.34. The molecule has 0 bridgehead atoms. The minimum absolute atomic E-state index is 0.00195. The van der Waals surface area contributed by atoms with Crippen LogP contribution in [0.25, 0.3) is 0 Å². The molecule has 3 aromatic rings. The zero-order valence-corrected chi connectivity index (χ0v) is 18.8. The lowest BCUT2D eigenvalue weighted by Gasteiger charge is -2.19. The summed E-state index contributed by atoms with van der Waals surface area (Å²) >= 11 is 5.42. The van der Waals surface area contributed by atoms with E-state index in [9.17, 15) is 4.79 Å². The Bertz CT molecular complexity index is 1050. The second-order valence-electron chi connectivity index (χ2n) is 8.47. The number of anilines is 1. The number of hydrogen-bond acceptors (Lipinski definition) is 2. The van der Waals surface area contributed by atoms with Crippen LogP contribution in [0.4, 0.5) is 5.69 Å². The monoisotopic (exact) mass is 416 g/mol. The van der Waals surface area contributed by atoms with Crippen molar-refractivity contribution in [3.63, 3.8) is 0 Å². The van der Waals surface area contributed by atoms with Crippen LogP contribution in [0.15, 0.2) is 72.8 Å². The molecule has 0 amide bonds. The van der Waals surface area contributed by atoms with Crippen LogP contribution in [0.5, 0.6) is 0 Å². The highest BCUT2D eigenvalue weighted by molar-refractivity contribution is 7.80. The summed E-state index contributed by atoms with van der Waals surface area (Å²) in [7, 11) is 0. The quantitative estimate of drug-likeness (QED) is 0.395. The summed E-state index contributed by atoms with van der Waals surface area (Å²) in [6, 6.07) is 23.5. The molecule has 0 fully saturated rings. The summed E-state index contributed by atoms with van der Waals surface area (Å²) in [5.41, 5.74) is 5.79. The molecule has 3 aromatic carbocycles. The van der Waals surface area contributed by atoms with Crippen LogP contribution < -0.4 is 10.6 Å². The van der Waals surface area contributed by atoms with Gasteiger partial charge in [0.1, 0.15) is 0 Å². The van der Waals surface area contributed by atoms with E-state index >= 15 is 0 Å². The smallest absolute Gasteiger partial charge is 0.193 e. The second kappa shape index (κ2) is 9.23. The van der Waals surface area contributed by atoms with E-state index in [-0.39, 0.29) is 11.2 Å². The van der Waals surface area contributed by atoms with Gasteiger partial charge in [-0.15, -0.1) is 0 Å². The number of thiocarbonyl (C=S) groups is 1. The number of ketones is 1. The molecule has 0 aliphatic heterocycles. The number of carbonyl (C=O) groups excluding carboxylic acids is 1. The first kappa shape index (κ1) is 21.7. The highest BCUT2D eigenvalue weighted by atomic mass is 32.1. The first-order valence-electron chi connectivity index (χ1n) is 10.1. The molecule has 0 saturated heterocycles. The Morgan fingerprint density at radius 2 is 1.60 bits per heavy atom. The summed E-state index contributed by atoms with van der Waals surface area (Å²) < 4.78 is 0. The Morgan fingerprint density at radius 1 is 0.900 bits per heavy atom. The molecule has 0 radical (unpaired) electrons. The third-order valence-electron chi connectivity index (χ3n) is 5.10. The molecular weight excluding hydrogens is 388 g/mol. The summed E-state index contributed by atoms with van der Waals surface area (Å²) in [6.07, 6.45) is 0. The first-order valence-corrected chi connectivity index (χ1v) is 10.5. The van der Waals surface area contributed by atoms with Crippen LogP contribution in [0, 0.1) is 6.92 Å². The van der Waals surface area contributed by atoms with Gasteiger partial charge in [-0.1, -0.05) is 81.4 Å². The lowest BCUT2D eigenvalue weighted by molar-refractivity contribution is 0.103. The van der Waals surface area contributed by atoms with Gasteiger partial charge >= 0.3 is 0 Å². The van der Waals surface area contributed by atoms with Crippen molar-refractivity contribution in [1.82, 2.24) is 5.32 Å². The largest absolute Gasteiger partial charge is 0.358 e. The van der Waals surface area contributed by atoms with E-state index in [1.54, 1.807) is 0 Å². The fraction of sp³-hybridized carbons (Fsp3) is 0.231.